The monoisotopic (exact) mass is 164 g/mol. The molecule has 0 unspecified atom stereocenters. The Morgan fingerprint density at radius 2 is 1.50 bits per heavy atom. The summed E-state index contributed by atoms with van der Waals surface area (Å²) in [5.74, 6) is 0. The lowest BCUT2D eigenvalue weighted by molar-refractivity contribution is 0.277. The Kier molecular flexibility index (Phi) is 10.1. The van der Waals surface area contributed by atoms with Gasteiger partial charge in [0.25, 0.3) is 0 Å². The zero-order chi connectivity index (χ0) is 8.57. The summed E-state index contributed by atoms with van der Waals surface area (Å²) in [5.41, 5.74) is 9.69. The smallest absolute Gasteiger partial charge is 0.160 e. The van der Waals surface area contributed by atoms with Gasteiger partial charge in [0.15, 0.2) is 5.11 Å². The van der Waals surface area contributed by atoms with Gasteiger partial charge in [-0.05, 0) is 17.8 Å². The van der Waals surface area contributed by atoms with E-state index in [4.69, 9.17) is 10.2 Å². The largest absolute Gasteiger partial charge is 0.392 e. The van der Waals surface area contributed by atoms with E-state index in [1.165, 1.54) is 0 Å². The quantitative estimate of drug-likeness (QED) is 0.301. The predicted molar refractivity (Wildman–Crippen MR) is 44.3 cm³/mol. The maximum absolute atomic E-state index is 8.08. The molecular weight excluding hydrogens is 152 g/mol. The lowest BCUT2D eigenvalue weighted by Gasteiger charge is -1.88. The van der Waals surface area contributed by atoms with E-state index in [-0.39, 0.29) is 18.3 Å². The van der Waals surface area contributed by atoms with Gasteiger partial charge in [-0.25, -0.2) is 0 Å². The highest BCUT2D eigenvalue weighted by Gasteiger charge is 1.80. The number of hydrogen-bond donors (Lipinski definition) is 4. The van der Waals surface area contributed by atoms with Gasteiger partial charge in [0.1, 0.15) is 0 Å². The minimum Gasteiger partial charge on any atom is -0.392 e. The zero-order valence-corrected chi connectivity index (χ0v) is 6.40. The molecule has 10 heavy (non-hydrogen) atoms. The number of aliphatic hydroxyl groups excluding tert-OH is 2. The van der Waals surface area contributed by atoms with Crippen LogP contribution in [0.25, 0.3) is 0 Å². The van der Waals surface area contributed by atoms with Crippen LogP contribution in [-0.2, 0) is 0 Å². The third kappa shape index (κ3) is 26.4. The second-order valence-corrected chi connectivity index (χ2v) is 1.94. The summed E-state index contributed by atoms with van der Waals surface area (Å²) in [5, 5.41) is 16.2. The Hall–Kier alpha value is -0.650. The fourth-order valence-electron chi connectivity index (χ4n) is 0.0500. The molecule has 0 fully saturated rings. The predicted octanol–water partition coefficient (Wildman–Crippen LogP) is -1.28. The molecular formula is C5H12N2O2S. The van der Waals surface area contributed by atoms with E-state index in [0.717, 1.165) is 0 Å². The fraction of sp³-hybridized carbons (Fsp3) is 0.400. The topological polar surface area (TPSA) is 92.5 Å². The number of nitrogens with two attached hydrogens (primary N) is 2. The van der Waals surface area contributed by atoms with Crippen molar-refractivity contribution < 1.29 is 10.2 Å². The van der Waals surface area contributed by atoms with Gasteiger partial charge in [-0.1, -0.05) is 6.58 Å². The van der Waals surface area contributed by atoms with Crippen molar-refractivity contribution >= 4 is 17.3 Å². The van der Waals surface area contributed by atoms with Crippen LogP contribution in [0.4, 0.5) is 0 Å². The first-order valence-electron chi connectivity index (χ1n) is 2.47. The van der Waals surface area contributed by atoms with Crippen LogP contribution >= 0.6 is 12.2 Å². The summed E-state index contributed by atoms with van der Waals surface area (Å²) in [4.78, 5) is 0. The molecule has 0 atom stereocenters. The molecule has 0 aliphatic heterocycles. The van der Waals surface area contributed by atoms with E-state index in [0.29, 0.717) is 5.57 Å². The summed E-state index contributed by atoms with van der Waals surface area (Å²) in [6.45, 7) is 3.06. The summed E-state index contributed by atoms with van der Waals surface area (Å²) in [7, 11) is 0. The first-order chi connectivity index (χ1) is 4.54. The number of rotatable bonds is 2. The Morgan fingerprint density at radius 3 is 1.50 bits per heavy atom. The van der Waals surface area contributed by atoms with E-state index >= 15 is 0 Å². The number of thiocarbonyl (C=S) groups is 1. The molecule has 0 aromatic carbocycles. The van der Waals surface area contributed by atoms with Crippen molar-refractivity contribution in [1.29, 1.82) is 0 Å². The van der Waals surface area contributed by atoms with Gasteiger partial charge in [-0.3, -0.25) is 0 Å². The van der Waals surface area contributed by atoms with Crippen molar-refractivity contribution in [2.75, 3.05) is 13.2 Å². The van der Waals surface area contributed by atoms with E-state index in [2.05, 4.69) is 30.3 Å². The Morgan fingerprint density at radius 1 is 1.30 bits per heavy atom. The van der Waals surface area contributed by atoms with E-state index in [9.17, 15) is 0 Å². The highest BCUT2D eigenvalue weighted by molar-refractivity contribution is 7.80. The molecule has 0 aromatic heterocycles. The third-order valence-electron chi connectivity index (χ3n) is 0.447. The highest BCUT2D eigenvalue weighted by atomic mass is 32.1. The molecule has 0 aliphatic rings. The second-order valence-electron chi connectivity index (χ2n) is 1.47. The molecule has 0 amide bonds. The van der Waals surface area contributed by atoms with Gasteiger partial charge in [0.2, 0.25) is 0 Å². The first kappa shape index (κ1) is 12.1. The molecule has 0 bridgehead atoms. The van der Waals surface area contributed by atoms with Crippen molar-refractivity contribution in [1.82, 2.24) is 0 Å². The standard InChI is InChI=1S/C4H8O2.CH4N2S/c1-4(2-5)3-6;2-1(3)4/h5-6H,1-3H2;(H4,2,3,4). The molecule has 6 N–H and O–H groups in total. The molecule has 0 heterocycles. The molecule has 5 heteroatoms. The third-order valence-corrected chi connectivity index (χ3v) is 0.447. The second kappa shape index (κ2) is 8.35. The van der Waals surface area contributed by atoms with Crippen LogP contribution in [0.15, 0.2) is 12.2 Å². The Balaban J connectivity index is 0. The number of aliphatic hydroxyl groups is 2. The summed E-state index contributed by atoms with van der Waals surface area (Å²) < 4.78 is 0. The Bertz CT molecular complexity index is 106. The van der Waals surface area contributed by atoms with Gasteiger partial charge in [0, 0.05) is 0 Å². The van der Waals surface area contributed by atoms with E-state index in [1.807, 2.05) is 0 Å². The summed E-state index contributed by atoms with van der Waals surface area (Å²) in [6, 6.07) is 0. The van der Waals surface area contributed by atoms with Crippen LogP contribution in [0.5, 0.6) is 0 Å². The van der Waals surface area contributed by atoms with Gasteiger partial charge in [0.05, 0.1) is 13.2 Å². The molecule has 60 valence electrons. The van der Waals surface area contributed by atoms with Crippen LogP contribution in [0.2, 0.25) is 0 Å². The molecule has 0 saturated carbocycles. The van der Waals surface area contributed by atoms with Crippen LogP contribution in [-0.4, -0.2) is 28.5 Å². The van der Waals surface area contributed by atoms with Crippen molar-refractivity contribution in [2.24, 2.45) is 11.5 Å². The zero-order valence-electron chi connectivity index (χ0n) is 5.58. The molecule has 4 nitrogen and oxygen atoms in total. The minimum atomic E-state index is -0.115. The van der Waals surface area contributed by atoms with Crippen LogP contribution in [0.1, 0.15) is 0 Å². The molecule has 0 rings (SSSR count). The molecule has 0 spiro atoms. The normalized spacial score (nSPS) is 7.40. The number of hydrogen-bond acceptors (Lipinski definition) is 3. The van der Waals surface area contributed by atoms with E-state index in [1.54, 1.807) is 0 Å². The van der Waals surface area contributed by atoms with Gasteiger partial charge < -0.3 is 21.7 Å². The summed E-state index contributed by atoms with van der Waals surface area (Å²) in [6.07, 6.45) is 0. The molecule has 0 aliphatic carbocycles. The van der Waals surface area contributed by atoms with E-state index < -0.39 is 0 Å². The molecule has 0 saturated heterocycles. The summed E-state index contributed by atoms with van der Waals surface area (Å²) >= 11 is 4.09. The average molecular weight is 164 g/mol. The highest BCUT2D eigenvalue weighted by Crippen LogP contribution is 1.79. The molecule has 0 radical (unpaired) electrons. The van der Waals surface area contributed by atoms with Crippen molar-refractivity contribution in [3.8, 4) is 0 Å². The van der Waals surface area contributed by atoms with Crippen LogP contribution in [0.3, 0.4) is 0 Å². The van der Waals surface area contributed by atoms with Crippen LogP contribution < -0.4 is 11.5 Å². The maximum atomic E-state index is 8.08. The van der Waals surface area contributed by atoms with Gasteiger partial charge in [-0.15, -0.1) is 0 Å². The SMILES string of the molecule is C=C(CO)CO.NC(N)=S. The lowest BCUT2D eigenvalue weighted by atomic mass is 10.4. The average Bonchev–Trinajstić information content (AvgIpc) is 1.85. The van der Waals surface area contributed by atoms with Crippen LogP contribution in [0, 0.1) is 0 Å². The van der Waals surface area contributed by atoms with Crippen molar-refractivity contribution in [3.63, 3.8) is 0 Å². The van der Waals surface area contributed by atoms with Gasteiger partial charge >= 0.3 is 0 Å². The van der Waals surface area contributed by atoms with Gasteiger partial charge in [-0.2, -0.15) is 0 Å². The maximum Gasteiger partial charge on any atom is 0.160 e. The molecule has 0 aromatic rings. The minimum absolute atomic E-state index is 0.000000000000000222. The van der Waals surface area contributed by atoms with Crippen molar-refractivity contribution in [2.45, 2.75) is 0 Å². The van der Waals surface area contributed by atoms with Crippen molar-refractivity contribution in [3.05, 3.63) is 12.2 Å². The lowest BCUT2D eigenvalue weighted by Crippen LogP contribution is -2.18. The first-order valence-corrected chi connectivity index (χ1v) is 2.88. The Labute approximate surface area is 65.1 Å². The fourth-order valence-corrected chi connectivity index (χ4v) is 0.0500.